The number of methoxy groups -OCH3 is 2. The predicted molar refractivity (Wildman–Crippen MR) is 132 cm³/mol. The molecule has 12 nitrogen and oxygen atoms in total. The molecule has 2 N–H and O–H groups in total. The van der Waals surface area contributed by atoms with Gasteiger partial charge in [-0.15, -0.1) is 10.2 Å². The van der Waals surface area contributed by atoms with Crippen LogP contribution >= 0.6 is 0 Å². The van der Waals surface area contributed by atoms with Crippen molar-refractivity contribution in [1.82, 2.24) is 34.7 Å². The quantitative estimate of drug-likeness (QED) is 0.332. The van der Waals surface area contributed by atoms with Crippen LogP contribution in [0.1, 0.15) is 10.5 Å². The molecule has 0 aliphatic rings. The largest absolute Gasteiger partial charge is 0.383 e. The van der Waals surface area contributed by atoms with Gasteiger partial charge >= 0.3 is 0 Å². The van der Waals surface area contributed by atoms with Crippen LogP contribution in [-0.4, -0.2) is 95.2 Å². The van der Waals surface area contributed by atoms with Gasteiger partial charge in [0.1, 0.15) is 17.1 Å². The van der Waals surface area contributed by atoms with Crippen LogP contribution in [0.15, 0.2) is 42.9 Å². The Labute approximate surface area is 202 Å². The molecule has 0 bridgehead atoms. The summed E-state index contributed by atoms with van der Waals surface area (Å²) >= 11 is 0. The number of benzene rings is 1. The van der Waals surface area contributed by atoms with E-state index in [1.54, 1.807) is 51.4 Å². The Bertz CT molecular complexity index is 1240. The fraction of sp³-hybridized carbons (Fsp3) is 0.348. The first-order chi connectivity index (χ1) is 17.0. The number of hydrogen-bond acceptors (Lipinski definition) is 9. The van der Waals surface area contributed by atoms with Crippen LogP contribution in [0.5, 0.6) is 0 Å². The zero-order valence-corrected chi connectivity index (χ0v) is 20.2. The number of rotatable bonds is 11. The summed E-state index contributed by atoms with van der Waals surface area (Å²) in [4.78, 5) is 25.0. The molecule has 184 valence electrons. The lowest BCUT2D eigenvalue weighted by atomic mass is 10.2. The highest BCUT2D eigenvalue weighted by molar-refractivity contribution is 6.02. The average molecular weight is 480 g/mol. The third-order valence-corrected chi connectivity index (χ3v) is 5.41. The molecule has 0 fully saturated rings. The highest BCUT2D eigenvalue weighted by Crippen LogP contribution is 2.29. The summed E-state index contributed by atoms with van der Waals surface area (Å²) in [6, 6.07) is 7.93. The average Bonchev–Trinajstić information content (AvgIpc) is 3.45. The number of aromatic amines is 1. The van der Waals surface area contributed by atoms with E-state index in [-0.39, 0.29) is 5.91 Å². The summed E-state index contributed by atoms with van der Waals surface area (Å²) < 4.78 is 12.1. The molecule has 1 amide bonds. The fourth-order valence-corrected chi connectivity index (χ4v) is 3.58. The van der Waals surface area contributed by atoms with Crippen LogP contribution in [0.3, 0.4) is 0 Å². The smallest absolute Gasteiger partial charge is 0.273 e. The van der Waals surface area contributed by atoms with Gasteiger partial charge in [0.15, 0.2) is 0 Å². The van der Waals surface area contributed by atoms with Crippen LogP contribution in [0.4, 0.5) is 17.1 Å². The molecule has 12 heteroatoms. The van der Waals surface area contributed by atoms with Crippen molar-refractivity contribution in [3.05, 3.63) is 48.5 Å². The maximum Gasteiger partial charge on any atom is 0.273 e. The predicted octanol–water partition coefficient (Wildman–Crippen LogP) is 2.06. The second-order valence-electron chi connectivity index (χ2n) is 7.98. The summed E-state index contributed by atoms with van der Waals surface area (Å²) in [6.45, 7) is 2.72. The van der Waals surface area contributed by atoms with Crippen LogP contribution in [0, 0.1) is 0 Å². The van der Waals surface area contributed by atoms with Crippen LogP contribution < -0.4 is 10.2 Å². The molecule has 4 aromatic rings. The van der Waals surface area contributed by atoms with Gasteiger partial charge in [0.25, 0.3) is 5.91 Å². The molecular formula is C23H29N9O3. The summed E-state index contributed by atoms with van der Waals surface area (Å²) in [6.07, 6.45) is 4.75. The number of nitrogens with zero attached hydrogens (tertiary/aromatic N) is 7. The zero-order valence-electron chi connectivity index (χ0n) is 20.2. The highest BCUT2D eigenvalue weighted by Gasteiger charge is 2.24. The number of fused-ring (bicyclic) bond motifs is 1. The molecule has 0 aliphatic heterocycles. The molecule has 0 radical (unpaired) electrons. The van der Waals surface area contributed by atoms with Crippen molar-refractivity contribution >= 4 is 28.6 Å². The summed E-state index contributed by atoms with van der Waals surface area (Å²) in [5, 5.41) is 15.0. The van der Waals surface area contributed by atoms with Gasteiger partial charge in [-0.25, -0.2) is 9.50 Å². The topological polar surface area (TPSA) is 126 Å². The number of aromatic nitrogens is 6. The second-order valence-corrected chi connectivity index (χ2v) is 7.98. The molecule has 0 spiro atoms. The van der Waals surface area contributed by atoms with Crippen molar-refractivity contribution in [3.8, 4) is 11.5 Å². The van der Waals surface area contributed by atoms with Crippen molar-refractivity contribution in [2.75, 3.05) is 64.8 Å². The van der Waals surface area contributed by atoms with E-state index in [1.807, 2.05) is 24.3 Å². The van der Waals surface area contributed by atoms with Crippen LogP contribution in [0.2, 0.25) is 0 Å². The van der Waals surface area contributed by atoms with Crippen molar-refractivity contribution in [3.63, 3.8) is 0 Å². The molecule has 0 atom stereocenters. The highest BCUT2D eigenvalue weighted by atomic mass is 16.5. The van der Waals surface area contributed by atoms with E-state index in [2.05, 4.69) is 35.5 Å². The van der Waals surface area contributed by atoms with Gasteiger partial charge in [-0.3, -0.25) is 14.9 Å². The van der Waals surface area contributed by atoms with E-state index in [0.717, 1.165) is 24.5 Å². The first-order valence-electron chi connectivity index (χ1n) is 11.1. The Balaban J connectivity index is 1.66. The molecule has 0 saturated heterocycles. The number of amides is 1. The summed E-state index contributed by atoms with van der Waals surface area (Å²) in [5.41, 5.74) is 3.73. The number of carbonyl (C=O) groups excluding carboxylic acids is 1. The van der Waals surface area contributed by atoms with Gasteiger partial charge in [-0.1, -0.05) is 0 Å². The second kappa shape index (κ2) is 10.9. The Morgan fingerprint density at radius 1 is 1.06 bits per heavy atom. The Morgan fingerprint density at radius 2 is 1.77 bits per heavy atom. The van der Waals surface area contributed by atoms with Gasteiger partial charge in [0.2, 0.25) is 11.5 Å². The van der Waals surface area contributed by atoms with Gasteiger partial charge < -0.3 is 24.6 Å². The molecular weight excluding hydrogens is 450 g/mol. The first-order valence-corrected chi connectivity index (χ1v) is 11.1. The monoisotopic (exact) mass is 479 g/mol. The third-order valence-electron chi connectivity index (χ3n) is 5.41. The minimum Gasteiger partial charge on any atom is -0.383 e. The third kappa shape index (κ3) is 5.23. The fourth-order valence-electron chi connectivity index (χ4n) is 3.58. The minimum atomic E-state index is -0.204. The summed E-state index contributed by atoms with van der Waals surface area (Å²) in [7, 11) is 6.76. The lowest BCUT2D eigenvalue weighted by molar-refractivity contribution is 0.0822. The Morgan fingerprint density at radius 3 is 2.37 bits per heavy atom. The zero-order chi connectivity index (χ0) is 24.8. The molecule has 3 heterocycles. The van der Waals surface area contributed by atoms with Crippen molar-refractivity contribution in [2.24, 2.45) is 0 Å². The van der Waals surface area contributed by atoms with E-state index in [0.29, 0.717) is 41.8 Å². The number of H-pyrrole nitrogens is 1. The van der Waals surface area contributed by atoms with E-state index in [4.69, 9.17) is 9.47 Å². The number of carbonyl (C=O) groups is 1. The van der Waals surface area contributed by atoms with E-state index in [9.17, 15) is 4.79 Å². The molecule has 1 aromatic carbocycles. The van der Waals surface area contributed by atoms with Crippen LogP contribution in [0.25, 0.3) is 17.2 Å². The molecule has 0 unspecified atom stereocenters. The first kappa shape index (κ1) is 24.1. The Hall–Kier alpha value is -4.03. The van der Waals surface area contributed by atoms with E-state index < -0.39 is 0 Å². The van der Waals surface area contributed by atoms with Gasteiger partial charge in [-0.05, 0) is 24.3 Å². The SMILES string of the molecule is COCCN(CCOC)c1ccc(Nc2c(C(=O)N(C)C)[nH]n3c(-c4cnccn4)nnc23)cc1. The number of ether oxygens (including phenoxy) is 2. The lowest BCUT2D eigenvalue weighted by Crippen LogP contribution is -2.30. The van der Waals surface area contributed by atoms with Crippen molar-refractivity contribution in [2.45, 2.75) is 0 Å². The maximum atomic E-state index is 12.9. The maximum absolute atomic E-state index is 12.9. The number of hydrogen-bond donors (Lipinski definition) is 2. The molecule has 3 aromatic heterocycles. The molecule has 35 heavy (non-hydrogen) atoms. The standard InChI is InChI=1S/C23H29N9O3/c1-30(2)23(33)20-19(22-28-27-21(32(22)29-20)18-15-24-9-10-25-18)26-16-5-7-17(8-6-16)31(11-13-34-3)12-14-35-4/h5-10,15,26,29H,11-14H2,1-4H3. The van der Waals surface area contributed by atoms with E-state index in [1.165, 1.54) is 4.90 Å². The van der Waals surface area contributed by atoms with Gasteiger partial charge in [0.05, 0.1) is 19.4 Å². The lowest BCUT2D eigenvalue weighted by Gasteiger charge is -2.24. The van der Waals surface area contributed by atoms with Gasteiger partial charge in [0, 0.05) is 65.2 Å². The molecule has 4 rings (SSSR count). The molecule has 0 saturated carbocycles. The molecule has 0 aliphatic carbocycles. The van der Waals surface area contributed by atoms with Crippen molar-refractivity contribution in [1.29, 1.82) is 0 Å². The van der Waals surface area contributed by atoms with Crippen molar-refractivity contribution < 1.29 is 14.3 Å². The van der Waals surface area contributed by atoms with E-state index >= 15 is 0 Å². The Kier molecular flexibility index (Phi) is 7.53. The minimum absolute atomic E-state index is 0.204. The number of nitrogens with one attached hydrogen (secondary N) is 2. The van der Waals surface area contributed by atoms with Crippen LogP contribution in [-0.2, 0) is 9.47 Å². The number of anilines is 3. The normalized spacial score (nSPS) is 11.1. The van der Waals surface area contributed by atoms with Gasteiger partial charge in [-0.2, -0.15) is 0 Å². The summed E-state index contributed by atoms with van der Waals surface area (Å²) in [5.74, 6) is 0.251.